The first-order chi connectivity index (χ1) is 15.1. The van der Waals surface area contributed by atoms with E-state index in [1.807, 2.05) is 17.0 Å². The summed E-state index contributed by atoms with van der Waals surface area (Å²) in [6.45, 7) is 7.95. The van der Waals surface area contributed by atoms with Gasteiger partial charge in [0, 0.05) is 32.2 Å². The molecule has 2 aromatic rings. The van der Waals surface area contributed by atoms with Crippen molar-refractivity contribution in [2.45, 2.75) is 52.1 Å². The van der Waals surface area contributed by atoms with Gasteiger partial charge in [-0.3, -0.25) is 14.3 Å². The van der Waals surface area contributed by atoms with Crippen LogP contribution in [-0.4, -0.2) is 64.1 Å². The molecule has 166 valence electrons. The molecule has 2 aliphatic heterocycles. The number of aromatic nitrogens is 2. The maximum absolute atomic E-state index is 13.1. The zero-order chi connectivity index (χ0) is 21.6. The van der Waals surface area contributed by atoms with Crippen molar-refractivity contribution in [3.63, 3.8) is 0 Å². The second-order valence-corrected chi connectivity index (χ2v) is 8.72. The average Bonchev–Trinajstić information content (AvgIpc) is 3.15. The first-order valence-corrected chi connectivity index (χ1v) is 11.5. The van der Waals surface area contributed by atoms with E-state index in [-0.39, 0.29) is 11.8 Å². The van der Waals surface area contributed by atoms with Gasteiger partial charge in [-0.2, -0.15) is 5.10 Å². The minimum atomic E-state index is -0.197. The van der Waals surface area contributed by atoms with Gasteiger partial charge >= 0.3 is 0 Å². The van der Waals surface area contributed by atoms with E-state index in [0.717, 1.165) is 24.9 Å². The molecule has 0 radical (unpaired) electrons. The van der Waals surface area contributed by atoms with Gasteiger partial charge in [0.15, 0.2) is 5.69 Å². The fourth-order valence-corrected chi connectivity index (χ4v) is 4.51. The van der Waals surface area contributed by atoms with Gasteiger partial charge in [-0.15, -0.1) is 0 Å². The third-order valence-corrected chi connectivity index (χ3v) is 6.16. The SMILES string of the molecule is Cc1cccc(CN2CCCn3nc(C(=O)NCCCN4CCCCC4)cc3C2=O)c1. The maximum Gasteiger partial charge on any atom is 0.272 e. The lowest BCUT2D eigenvalue weighted by Crippen LogP contribution is -2.33. The van der Waals surface area contributed by atoms with Gasteiger partial charge in [0.25, 0.3) is 11.8 Å². The largest absolute Gasteiger partial charge is 0.351 e. The van der Waals surface area contributed by atoms with Gasteiger partial charge in [-0.25, -0.2) is 0 Å². The molecule has 0 unspecified atom stereocenters. The van der Waals surface area contributed by atoms with E-state index in [4.69, 9.17) is 0 Å². The molecule has 4 rings (SSSR count). The lowest BCUT2D eigenvalue weighted by atomic mass is 10.1. The van der Waals surface area contributed by atoms with Crippen LogP contribution in [0.4, 0.5) is 0 Å². The van der Waals surface area contributed by atoms with Crippen LogP contribution in [0.25, 0.3) is 0 Å². The molecular weight excluding hydrogens is 390 g/mol. The van der Waals surface area contributed by atoms with Gasteiger partial charge < -0.3 is 15.1 Å². The zero-order valence-electron chi connectivity index (χ0n) is 18.5. The van der Waals surface area contributed by atoms with Crippen LogP contribution >= 0.6 is 0 Å². The fourth-order valence-electron chi connectivity index (χ4n) is 4.51. The summed E-state index contributed by atoms with van der Waals surface area (Å²) in [4.78, 5) is 30.0. The van der Waals surface area contributed by atoms with Gasteiger partial charge in [0.1, 0.15) is 5.69 Å². The number of carbonyl (C=O) groups is 2. The van der Waals surface area contributed by atoms with Crippen LogP contribution in [0, 0.1) is 6.92 Å². The first kappa shape index (κ1) is 21.6. The second kappa shape index (κ2) is 10.1. The average molecular weight is 424 g/mol. The highest BCUT2D eigenvalue weighted by Crippen LogP contribution is 2.17. The quantitative estimate of drug-likeness (QED) is 0.696. The van der Waals surface area contributed by atoms with Crippen LogP contribution in [0.3, 0.4) is 0 Å². The topological polar surface area (TPSA) is 70.5 Å². The minimum Gasteiger partial charge on any atom is -0.351 e. The molecule has 3 heterocycles. The molecule has 0 aliphatic carbocycles. The third kappa shape index (κ3) is 5.53. The summed E-state index contributed by atoms with van der Waals surface area (Å²) < 4.78 is 1.70. The summed E-state index contributed by atoms with van der Waals surface area (Å²) in [5.74, 6) is -0.257. The number of benzene rings is 1. The Morgan fingerprint density at radius 3 is 2.71 bits per heavy atom. The molecule has 1 aromatic heterocycles. The Kier molecular flexibility index (Phi) is 7.02. The molecule has 1 N–H and O–H groups in total. The lowest BCUT2D eigenvalue weighted by Gasteiger charge is -2.26. The van der Waals surface area contributed by atoms with E-state index in [9.17, 15) is 9.59 Å². The molecule has 1 aromatic carbocycles. The Morgan fingerprint density at radius 1 is 1.06 bits per heavy atom. The van der Waals surface area contributed by atoms with E-state index in [1.54, 1.807) is 10.7 Å². The van der Waals surface area contributed by atoms with Crippen molar-refractivity contribution in [1.29, 1.82) is 0 Å². The number of carbonyl (C=O) groups excluding carboxylic acids is 2. The van der Waals surface area contributed by atoms with Crippen LogP contribution in [0.15, 0.2) is 30.3 Å². The zero-order valence-corrected chi connectivity index (χ0v) is 18.5. The number of hydrogen-bond acceptors (Lipinski definition) is 4. The van der Waals surface area contributed by atoms with Crippen molar-refractivity contribution in [3.8, 4) is 0 Å². The molecule has 2 aliphatic rings. The molecule has 0 saturated carbocycles. The summed E-state index contributed by atoms with van der Waals surface area (Å²) in [5.41, 5.74) is 3.14. The summed E-state index contributed by atoms with van der Waals surface area (Å²) >= 11 is 0. The smallest absolute Gasteiger partial charge is 0.272 e. The fraction of sp³-hybridized carbons (Fsp3) is 0.542. The standard InChI is InChI=1S/C24H33N5O2/c1-19-8-5-9-20(16-19)18-28-14-7-15-29-22(24(28)31)17-21(26-29)23(30)25-10-6-13-27-11-3-2-4-12-27/h5,8-9,16-17H,2-4,6-7,10-15,18H2,1H3,(H,25,30). The Balaban J connectivity index is 1.34. The first-order valence-electron chi connectivity index (χ1n) is 11.5. The van der Waals surface area contributed by atoms with Crippen LogP contribution in [0.1, 0.15) is 64.2 Å². The molecule has 0 bridgehead atoms. The van der Waals surface area contributed by atoms with E-state index in [0.29, 0.717) is 37.6 Å². The van der Waals surface area contributed by atoms with E-state index in [1.165, 1.54) is 37.9 Å². The number of likely N-dealkylation sites (tertiary alicyclic amines) is 1. The van der Waals surface area contributed by atoms with Gasteiger partial charge in [-0.05, 0) is 57.8 Å². The number of hydrogen-bond donors (Lipinski definition) is 1. The van der Waals surface area contributed by atoms with Crippen molar-refractivity contribution in [1.82, 2.24) is 24.9 Å². The van der Waals surface area contributed by atoms with Crippen molar-refractivity contribution in [2.75, 3.05) is 32.7 Å². The molecule has 1 saturated heterocycles. The number of rotatable bonds is 7. The van der Waals surface area contributed by atoms with Crippen molar-refractivity contribution in [3.05, 3.63) is 52.8 Å². The molecular formula is C24H33N5O2. The van der Waals surface area contributed by atoms with Crippen molar-refractivity contribution < 1.29 is 9.59 Å². The Labute approximate surface area is 184 Å². The molecule has 1 fully saturated rings. The number of nitrogens with one attached hydrogen (secondary N) is 1. The predicted octanol–water partition coefficient (Wildman–Crippen LogP) is 2.84. The van der Waals surface area contributed by atoms with Crippen LogP contribution in [0.5, 0.6) is 0 Å². The number of aryl methyl sites for hydroxylation is 2. The Bertz CT molecular complexity index is 916. The minimum absolute atomic E-state index is 0.0596. The molecule has 31 heavy (non-hydrogen) atoms. The molecule has 7 heteroatoms. The highest BCUT2D eigenvalue weighted by atomic mass is 16.2. The maximum atomic E-state index is 13.1. The number of piperidine rings is 1. The Morgan fingerprint density at radius 2 is 1.90 bits per heavy atom. The summed E-state index contributed by atoms with van der Waals surface area (Å²) in [7, 11) is 0. The number of nitrogens with zero attached hydrogens (tertiary/aromatic N) is 4. The highest BCUT2D eigenvalue weighted by Gasteiger charge is 2.26. The van der Waals surface area contributed by atoms with Crippen LogP contribution in [0.2, 0.25) is 0 Å². The monoisotopic (exact) mass is 423 g/mol. The summed E-state index contributed by atoms with van der Waals surface area (Å²) in [6.07, 6.45) is 5.65. The number of fused-ring (bicyclic) bond motifs is 1. The normalized spacial score (nSPS) is 17.3. The Hall–Kier alpha value is -2.67. The van der Waals surface area contributed by atoms with Gasteiger partial charge in [0.05, 0.1) is 0 Å². The third-order valence-electron chi connectivity index (χ3n) is 6.16. The van der Waals surface area contributed by atoms with Crippen LogP contribution in [-0.2, 0) is 13.1 Å². The van der Waals surface area contributed by atoms with E-state index < -0.39 is 0 Å². The molecule has 0 spiro atoms. The highest BCUT2D eigenvalue weighted by molar-refractivity contribution is 5.98. The number of amides is 2. The predicted molar refractivity (Wildman–Crippen MR) is 120 cm³/mol. The van der Waals surface area contributed by atoms with Gasteiger partial charge in [-0.1, -0.05) is 36.2 Å². The van der Waals surface area contributed by atoms with E-state index in [2.05, 4.69) is 34.4 Å². The van der Waals surface area contributed by atoms with Gasteiger partial charge in [0.2, 0.25) is 0 Å². The molecule has 7 nitrogen and oxygen atoms in total. The molecule has 0 atom stereocenters. The van der Waals surface area contributed by atoms with Crippen LogP contribution < -0.4 is 5.32 Å². The van der Waals surface area contributed by atoms with Crippen molar-refractivity contribution >= 4 is 11.8 Å². The summed E-state index contributed by atoms with van der Waals surface area (Å²) in [5, 5.41) is 7.40. The van der Waals surface area contributed by atoms with Crippen molar-refractivity contribution in [2.24, 2.45) is 0 Å². The summed E-state index contributed by atoms with van der Waals surface area (Å²) in [6, 6.07) is 9.88. The molecule has 2 amide bonds. The lowest BCUT2D eigenvalue weighted by molar-refractivity contribution is 0.0745. The van der Waals surface area contributed by atoms with E-state index >= 15 is 0 Å². The second-order valence-electron chi connectivity index (χ2n) is 8.72.